The Morgan fingerprint density at radius 1 is 0.810 bits per heavy atom. The van der Waals surface area contributed by atoms with Gasteiger partial charge in [-0.3, -0.25) is 0 Å². The van der Waals surface area contributed by atoms with Gasteiger partial charge in [0.05, 0.1) is 0 Å². The number of alkyl halides is 6. The highest BCUT2D eigenvalue weighted by atomic mass is 35.6. The second kappa shape index (κ2) is 6.52. The van der Waals surface area contributed by atoms with Gasteiger partial charge in [0.1, 0.15) is 11.4 Å². The van der Waals surface area contributed by atoms with Crippen LogP contribution in [0.25, 0.3) is 0 Å². The predicted molar refractivity (Wildman–Crippen MR) is 92.6 cm³/mol. The molecule has 1 aromatic carbocycles. The standard InChI is InChI=1S/C13H6Cl6N2/c14-12(15,16)9-6-7-10(13(17,18)19)21-11(20-9)8-4-2-1-3-5-8/h1-6H. The molecule has 0 aliphatic carbocycles. The van der Waals surface area contributed by atoms with Gasteiger partial charge in [0.2, 0.25) is 7.59 Å². The molecule has 0 radical (unpaired) electrons. The highest BCUT2D eigenvalue weighted by Gasteiger charge is 2.31. The summed E-state index contributed by atoms with van der Waals surface area (Å²) in [6, 6.07) is 9.07. The van der Waals surface area contributed by atoms with E-state index in [1.165, 1.54) is 6.08 Å². The van der Waals surface area contributed by atoms with Gasteiger partial charge in [-0.15, -0.1) is 0 Å². The maximum absolute atomic E-state index is 5.86. The molecule has 2 nitrogen and oxygen atoms in total. The van der Waals surface area contributed by atoms with Crippen molar-refractivity contribution in [3.63, 3.8) is 0 Å². The van der Waals surface area contributed by atoms with Crippen molar-refractivity contribution in [3.8, 4) is 0 Å². The summed E-state index contributed by atoms with van der Waals surface area (Å²) in [4.78, 5) is 8.45. The Bertz CT molecular complexity index is 658. The molecule has 0 unspecified atom stereocenters. The van der Waals surface area contributed by atoms with E-state index in [1.54, 1.807) is 12.1 Å². The summed E-state index contributed by atoms with van der Waals surface area (Å²) in [5.74, 6) is 0.263. The van der Waals surface area contributed by atoms with Gasteiger partial charge in [0.15, 0.2) is 5.84 Å². The minimum absolute atomic E-state index is 0.0550. The van der Waals surface area contributed by atoms with Gasteiger partial charge >= 0.3 is 0 Å². The Kier molecular flexibility index (Phi) is 5.33. The number of allylic oxidation sites excluding steroid dienone is 1. The largest absolute Gasteiger partial charge is 0.239 e. The minimum Gasteiger partial charge on any atom is -0.228 e. The fourth-order valence-electron chi connectivity index (χ4n) is 1.45. The molecule has 0 aromatic heterocycles. The van der Waals surface area contributed by atoms with Crippen molar-refractivity contribution in [2.75, 3.05) is 0 Å². The lowest BCUT2D eigenvalue weighted by Gasteiger charge is -2.11. The SMILES string of the molecule is ClC(Cl)(Cl)C1=C=CC(C(Cl)(Cl)Cl)=NC(c2ccccc2)=N1. The molecule has 1 aromatic rings. The zero-order valence-corrected chi connectivity index (χ0v) is 14.7. The van der Waals surface area contributed by atoms with E-state index in [0.29, 0.717) is 5.56 Å². The quantitative estimate of drug-likeness (QED) is 0.427. The van der Waals surface area contributed by atoms with E-state index >= 15 is 0 Å². The van der Waals surface area contributed by atoms with Crippen LogP contribution in [0.1, 0.15) is 5.56 Å². The molecule has 1 aliphatic rings. The van der Waals surface area contributed by atoms with Gasteiger partial charge in [-0.05, 0) is 0 Å². The first-order valence-electron chi connectivity index (χ1n) is 5.52. The van der Waals surface area contributed by atoms with Gasteiger partial charge in [-0.2, -0.15) is 0 Å². The smallest absolute Gasteiger partial charge is 0.228 e. The van der Waals surface area contributed by atoms with E-state index in [9.17, 15) is 0 Å². The van der Waals surface area contributed by atoms with Crippen LogP contribution in [0, 0.1) is 0 Å². The van der Waals surface area contributed by atoms with Crippen molar-refractivity contribution in [2.24, 2.45) is 9.98 Å². The highest BCUT2D eigenvalue weighted by molar-refractivity contribution is 6.78. The van der Waals surface area contributed by atoms with Gasteiger partial charge in [-0.25, -0.2) is 9.98 Å². The van der Waals surface area contributed by atoms with Crippen molar-refractivity contribution >= 4 is 81.2 Å². The van der Waals surface area contributed by atoms with Crippen LogP contribution in [0.2, 0.25) is 0 Å². The van der Waals surface area contributed by atoms with Crippen molar-refractivity contribution in [1.29, 1.82) is 0 Å². The fraction of sp³-hybridized carbons (Fsp3) is 0.154. The molecular weight excluding hydrogens is 397 g/mol. The first kappa shape index (κ1) is 17.2. The van der Waals surface area contributed by atoms with Crippen molar-refractivity contribution in [2.45, 2.75) is 7.59 Å². The molecule has 21 heavy (non-hydrogen) atoms. The summed E-state index contributed by atoms with van der Waals surface area (Å²) in [6.07, 6.45) is 1.34. The number of rotatable bonds is 1. The molecule has 0 spiro atoms. The molecule has 1 heterocycles. The predicted octanol–water partition coefficient (Wildman–Crippen LogP) is 5.67. The zero-order chi connectivity index (χ0) is 15.7. The van der Waals surface area contributed by atoms with Gasteiger partial charge in [-0.1, -0.05) is 106 Å². The average molecular weight is 403 g/mol. The summed E-state index contributed by atoms with van der Waals surface area (Å²) < 4.78 is -3.51. The summed E-state index contributed by atoms with van der Waals surface area (Å²) in [5, 5.41) is 0. The molecule has 0 fully saturated rings. The molecular formula is C13H6Cl6N2. The second-order valence-corrected chi connectivity index (χ2v) is 8.49. The number of halogens is 6. The third kappa shape index (κ3) is 4.64. The van der Waals surface area contributed by atoms with E-state index in [4.69, 9.17) is 69.6 Å². The molecule has 8 heteroatoms. The Morgan fingerprint density at radius 2 is 1.43 bits per heavy atom. The van der Waals surface area contributed by atoms with Crippen LogP contribution < -0.4 is 0 Å². The number of nitrogens with zero attached hydrogens (tertiary/aromatic N) is 2. The number of aliphatic imine (C=N–C) groups is 2. The topological polar surface area (TPSA) is 24.7 Å². The van der Waals surface area contributed by atoms with E-state index < -0.39 is 7.59 Å². The van der Waals surface area contributed by atoms with Crippen LogP contribution in [-0.4, -0.2) is 19.1 Å². The third-order valence-electron chi connectivity index (χ3n) is 2.38. The molecule has 0 bridgehead atoms. The summed E-state index contributed by atoms with van der Waals surface area (Å²) in [7, 11) is 0. The van der Waals surface area contributed by atoms with Crippen LogP contribution >= 0.6 is 69.6 Å². The molecule has 0 atom stereocenters. The van der Waals surface area contributed by atoms with Crippen LogP contribution in [0.4, 0.5) is 0 Å². The first-order valence-corrected chi connectivity index (χ1v) is 7.78. The van der Waals surface area contributed by atoms with Gasteiger partial charge in [0, 0.05) is 11.6 Å². The van der Waals surface area contributed by atoms with Crippen LogP contribution in [0.15, 0.2) is 57.8 Å². The van der Waals surface area contributed by atoms with Gasteiger partial charge in [0.25, 0.3) is 0 Å². The van der Waals surface area contributed by atoms with E-state index in [-0.39, 0.29) is 17.2 Å². The second-order valence-electron chi connectivity index (χ2n) is 3.93. The Hall–Kier alpha value is -0.180. The lowest BCUT2D eigenvalue weighted by molar-refractivity contribution is 1.19. The summed E-state index contributed by atoms with van der Waals surface area (Å²) in [6.45, 7) is 0. The Balaban J connectivity index is 2.62. The lowest BCUT2D eigenvalue weighted by atomic mass is 10.2. The van der Waals surface area contributed by atoms with Gasteiger partial charge < -0.3 is 0 Å². The molecule has 2 rings (SSSR count). The van der Waals surface area contributed by atoms with E-state index in [2.05, 4.69) is 15.7 Å². The maximum atomic E-state index is 5.86. The summed E-state index contributed by atoms with van der Waals surface area (Å²) in [5.41, 5.74) is 3.57. The molecule has 0 saturated heterocycles. The molecule has 110 valence electrons. The van der Waals surface area contributed by atoms with E-state index in [1.807, 2.05) is 18.2 Å². The van der Waals surface area contributed by atoms with Crippen LogP contribution in [0.5, 0.6) is 0 Å². The highest BCUT2D eigenvalue weighted by Crippen LogP contribution is 2.37. The summed E-state index contributed by atoms with van der Waals surface area (Å²) >= 11 is 35.2. The molecule has 0 amide bonds. The molecule has 0 N–H and O–H groups in total. The fourth-order valence-corrected chi connectivity index (χ4v) is 2.03. The average Bonchev–Trinajstić information content (AvgIpc) is 2.61. The third-order valence-corrected chi connectivity index (χ3v) is 3.50. The van der Waals surface area contributed by atoms with E-state index in [0.717, 1.165) is 0 Å². The normalized spacial score (nSPS) is 16.0. The Labute approximate surface area is 151 Å². The first-order chi connectivity index (χ1) is 9.68. The van der Waals surface area contributed by atoms with Crippen molar-refractivity contribution < 1.29 is 0 Å². The lowest BCUT2D eigenvalue weighted by Crippen LogP contribution is -2.18. The zero-order valence-electron chi connectivity index (χ0n) is 10.1. The maximum Gasteiger partial charge on any atom is 0.239 e. The van der Waals surface area contributed by atoms with Crippen molar-refractivity contribution in [1.82, 2.24) is 0 Å². The number of hydrogen-bond acceptors (Lipinski definition) is 2. The number of benzene rings is 1. The Morgan fingerprint density at radius 3 is 1.95 bits per heavy atom. The molecule has 0 saturated carbocycles. The van der Waals surface area contributed by atoms with Crippen molar-refractivity contribution in [3.05, 3.63) is 53.4 Å². The minimum atomic E-state index is -1.77. The van der Waals surface area contributed by atoms with Crippen LogP contribution in [0.3, 0.4) is 0 Å². The monoisotopic (exact) mass is 400 g/mol. The number of amidine groups is 1. The molecule has 1 aliphatic heterocycles. The number of hydrogen-bond donors (Lipinski definition) is 0. The van der Waals surface area contributed by atoms with Crippen LogP contribution in [-0.2, 0) is 0 Å².